The van der Waals surface area contributed by atoms with E-state index in [2.05, 4.69) is 23.3 Å². The molecule has 1 saturated carbocycles. The predicted molar refractivity (Wildman–Crippen MR) is 81.8 cm³/mol. The maximum absolute atomic E-state index is 5.58. The maximum atomic E-state index is 5.58. The Hall–Kier alpha value is -0.570. The van der Waals surface area contributed by atoms with E-state index in [1.54, 1.807) is 0 Å². The van der Waals surface area contributed by atoms with Crippen molar-refractivity contribution in [3.63, 3.8) is 0 Å². The molecule has 1 saturated heterocycles. The number of hydrogen-bond acceptors (Lipinski definition) is 2. The Labute approximate surface area is 117 Å². The predicted octanol–water partition coefficient (Wildman–Crippen LogP) is 3.63. The van der Waals surface area contributed by atoms with Crippen LogP contribution >= 0.6 is 12.2 Å². The lowest BCUT2D eigenvalue weighted by atomic mass is 9.95. The highest BCUT2D eigenvalue weighted by molar-refractivity contribution is 7.80. The summed E-state index contributed by atoms with van der Waals surface area (Å²) in [6.07, 6.45) is 12.7. The van der Waals surface area contributed by atoms with Crippen LogP contribution in [0.25, 0.3) is 0 Å². The lowest BCUT2D eigenvalue weighted by molar-refractivity contribution is 0.414. The first-order chi connectivity index (χ1) is 8.79. The normalized spacial score (nSPS) is 22.3. The van der Waals surface area contributed by atoms with Gasteiger partial charge in [0, 0.05) is 30.9 Å². The van der Waals surface area contributed by atoms with Crippen LogP contribution in [0.2, 0.25) is 0 Å². The van der Waals surface area contributed by atoms with Gasteiger partial charge in [-0.15, -0.1) is 0 Å². The fourth-order valence-electron chi connectivity index (χ4n) is 2.93. The number of nitrogens with one attached hydrogen (secondary N) is 1. The zero-order chi connectivity index (χ0) is 12.8. The van der Waals surface area contributed by atoms with Crippen molar-refractivity contribution in [3.05, 3.63) is 11.8 Å². The van der Waals surface area contributed by atoms with Gasteiger partial charge in [0.05, 0.1) is 0 Å². The van der Waals surface area contributed by atoms with Crippen LogP contribution in [0.5, 0.6) is 0 Å². The van der Waals surface area contributed by atoms with Crippen LogP contribution < -0.4 is 5.32 Å². The van der Waals surface area contributed by atoms with E-state index in [1.807, 2.05) is 0 Å². The highest BCUT2D eigenvalue weighted by Gasteiger charge is 2.16. The third-order valence-electron chi connectivity index (χ3n) is 4.09. The Bertz CT molecular complexity index is 300. The Morgan fingerprint density at radius 1 is 1.17 bits per heavy atom. The second-order valence-electron chi connectivity index (χ2n) is 5.56. The lowest BCUT2D eigenvalue weighted by Gasteiger charge is -2.25. The first kappa shape index (κ1) is 13.9. The fourth-order valence-corrected chi connectivity index (χ4v) is 3.29. The smallest absolute Gasteiger partial charge is 0.104 e. The van der Waals surface area contributed by atoms with Crippen LogP contribution in [0.4, 0.5) is 0 Å². The highest BCUT2D eigenvalue weighted by Crippen LogP contribution is 2.19. The lowest BCUT2D eigenvalue weighted by Crippen LogP contribution is -2.36. The third kappa shape index (κ3) is 3.98. The molecule has 2 rings (SSSR count). The molecule has 0 atom stereocenters. The average Bonchev–Trinajstić information content (AvgIpc) is 2.90. The molecule has 3 heteroatoms. The van der Waals surface area contributed by atoms with Crippen LogP contribution in [-0.2, 0) is 0 Å². The summed E-state index contributed by atoms with van der Waals surface area (Å²) in [5.74, 6) is 0. The largest absolute Gasteiger partial charge is 0.377 e. The van der Waals surface area contributed by atoms with Crippen LogP contribution in [0, 0.1) is 0 Å². The van der Waals surface area contributed by atoms with Crippen molar-refractivity contribution in [1.82, 2.24) is 10.2 Å². The minimum absolute atomic E-state index is 0.625. The molecule has 1 heterocycles. The molecule has 1 aliphatic heterocycles. The van der Waals surface area contributed by atoms with Gasteiger partial charge in [0.15, 0.2) is 0 Å². The summed E-state index contributed by atoms with van der Waals surface area (Å²) in [4.78, 5) is 3.42. The number of nitrogens with zero attached hydrogens (tertiary/aromatic N) is 1. The molecule has 2 nitrogen and oxygen atoms in total. The van der Waals surface area contributed by atoms with E-state index >= 15 is 0 Å². The first-order valence-electron chi connectivity index (χ1n) is 7.55. The molecular weight excluding hydrogens is 240 g/mol. The zero-order valence-corrected chi connectivity index (χ0v) is 12.4. The third-order valence-corrected chi connectivity index (χ3v) is 4.47. The Balaban J connectivity index is 1.87. The number of hydrogen-bond donors (Lipinski definition) is 1. The molecule has 2 fully saturated rings. The van der Waals surface area contributed by atoms with Crippen LogP contribution in [0.1, 0.15) is 58.3 Å². The highest BCUT2D eigenvalue weighted by atomic mass is 32.1. The molecule has 0 spiro atoms. The Kier molecular flexibility index (Phi) is 5.48. The summed E-state index contributed by atoms with van der Waals surface area (Å²) in [6.45, 7) is 4.61. The maximum Gasteiger partial charge on any atom is 0.104 e. The van der Waals surface area contributed by atoms with Crippen molar-refractivity contribution in [1.29, 1.82) is 0 Å². The summed E-state index contributed by atoms with van der Waals surface area (Å²) >= 11 is 5.58. The minimum Gasteiger partial charge on any atom is -0.377 e. The van der Waals surface area contributed by atoms with Gasteiger partial charge >= 0.3 is 0 Å². The van der Waals surface area contributed by atoms with Crippen molar-refractivity contribution in [2.75, 3.05) is 13.1 Å². The molecule has 0 aromatic carbocycles. The van der Waals surface area contributed by atoms with Gasteiger partial charge in [0.2, 0.25) is 0 Å². The molecule has 0 amide bonds. The zero-order valence-electron chi connectivity index (χ0n) is 11.6. The van der Waals surface area contributed by atoms with E-state index in [0.717, 1.165) is 11.4 Å². The van der Waals surface area contributed by atoms with Crippen molar-refractivity contribution in [3.8, 4) is 0 Å². The van der Waals surface area contributed by atoms with Crippen molar-refractivity contribution >= 4 is 17.2 Å². The van der Waals surface area contributed by atoms with Crippen LogP contribution in [-0.4, -0.2) is 29.0 Å². The van der Waals surface area contributed by atoms with E-state index < -0.39 is 0 Å². The fraction of sp³-hybridized carbons (Fsp3) is 0.800. The van der Waals surface area contributed by atoms with Crippen molar-refractivity contribution in [2.45, 2.75) is 64.3 Å². The summed E-state index contributed by atoms with van der Waals surface area (Å²) in [5.41, 5.74) is 1.32. The summed E-state index contributed by atoms with van der Waals surface area (Å²) in [6, 6.07) is 0.625. The molecular formula is C15H26N2S. The molecule has 0 aromatic heterocycles. The molecule has 102 valence electrons. The summed E-state index contributed by atoms with van der Waals surface area (Å²) < 4.78 is 0. The van der Waals surface area contributed by atoms with E-state index in [4.69, 9.17) is 12.2 Å². The van der Waals surface area contributed by atoms with Crippen LogP contribution in [0.3, 0.4) is 0 Å². The van der Waals surface area contributed by atoms with Crippen molar-refractivity contribution < 1.29 is 0 Å². The Morgan fingerprint density at radius 3 is 2.44 bits per heavy atom. The van der Waals surface area contributed by atoms with Gasteiger partial charge in [-0.2, -0.15) is 0 Å². The summed E-state index contributed by atoms with van der Waals surface area (Å²) in [7, 11) is 0. The van der Waals surface area contributed by atoms with Crippen LogP contribution in [0.15, 0.2) is 11.8 Å². The minimum atomic E-state index is 0.625. The molecule has 0 radical (unpaired) electrons. The van der Waals surface area contributed by atoms with Gasteiger partial charge in [-0.3, -0.25) is 0 Å². The van der Waals surface area contributed by atoms with Gasteiger partial charge in [-0.05, 0) is 32.1 Å². The molecule has 0 bridgehead atoms. The quantitative estimate of drug-likeness (QED) is 0.618. The van der Waals surface area contributed by atoms with E-state index in [9.17, 15) is 0 Å². The van der Waals surface area contributed by atoms with Crippen molar-refractivity contribution in [2.24, 2.45) is 0 Å². The van der Waals surface area contributed by atoms with E-state index in [-0.39, 0.29) is 0 Å². The number of likely N-dealkylation sites (tertiary alicyclic amines) is 1. The number of thiocarbonyl (C=S) groups is 1. The standard InChI is InChI=1S/C15H26N2S/c1-2-13(12-17-10-6-7-11-17)15(18)16-14-8-4-3-5-9-14/h12,14H,2-11H2,1H3,(H,16,18)/b13-12-. The van der Waals surface area contributed by atoms with Gasteiger partial charge in [-0.25, -0.2) is 0 Å². The van der Waals surface area contributed by atoms with Gasteiger partial charge in [-0.1, -0.05) is 38.4 Å². The first-order valence-corrected chi connectivity index (χ1v) is 7.96. The second-order valence-corrected chi connectivity index (χ2v) is 5.97. The Morgan fingerprint density at radius 2 is 1.83 bits per heavy atom. The number of rotatable bonds is 4. The van der Waals surface area contributed by atoms with Gasteiger partial charge < -0.3 is 10.2 Å². The molecule has 1 aliphatic carbocycles. The molecule has 0 aromatic rings. The molecule has 0 unspecified atom stereocenters. The molecule has 1 N–H and O–H groups in total. The average molecular weight is 266 g/mol. The topological polar surface area (TPSA) is 15.3 Å². The van der Waals surface area contributed by atoms with E-state index in [1.165, 1.54) is 63.6 Å². The molecule has 2 aliphatic rings. The molecule has 18 heavy (non-hydrogen) atoms. The SMILES string of the molecule is CC/C(=C/N1CCCC1)C(=S)NC1CCCCC1. The van der Waals surface area contributed by atoms with Gasteiger partial charge in [0.25, 0.3) is 0 Å². The summed E-state index contributed by atoms with van der Waals surface area (Å²) in [5, 5.41) is 3.58. The second kappa shape index (κ2) is 7.13. The van der Waals surface area contributed by atoms with Gasteiger partial charge in [0.1, 0.15) is 4.99 Å². The van der Waals surface area contributed by atoms with E-state index in [0.29, 0.717) is 6.04 Å². The monoisotopic (exact) mass is 266 g/mol.